The maximum atomic E-state index is 11.2. The van der Waals surface area contributed by atoms with Gasteiger partial charge in [0.15, 0.2) is 0 Å². The van der Waals surface area contributed by atoms with Gasteiger partial charge in [-0.2, -0.15) is 0 Å². The van der Waals surface area contributed by atoms with Crippen molar-refractivity contribution < 1.29 is 4.79 Å². The van der Waals surface area contributed by atoms with Crippen LogP contribution in [0.15, 0.2) is 0 Å². The molecule has 1 saturated heterocycles. The number of hydrogen-bond acceptors (Lipinski definition) is 2. The Kier molecular flexibility index (Phi) is 3.12. The summed E-state index contributed by atoms with van der Waals surface area (Å²) in [6.45, 7) is 3.94. The lowest BCUT2D eigenvalue weighted by Crippen LogP contribution is -2.28. The molecule has 0 unspecified atom stereocenters. The van der Waals surface area contributed by atoms with E-state index in [0.29, 0.717) is 12.5 Å². The summed E-state index contributed by atoms with van der Waals surface area (Å²) in [6, 6.07) is 0. The molecule has 66 valence electrons. The van der Waals surface area contributed by atoms with E-state index < -0.39 is 0 Å². The molecule has 1 atom stereocenters. The van der Waals surface area contributed by atoms with Gasteiger partial charge in [-0.25, -0.2) is 0 Å². The Labute approximate surface area is 72.9 Å². The van der Waals surface area contributed by atoms with E-state index in [0.717, 1.165) is 19.5 Å². The van der Waals surface area contributed by atoms with Gasteiger partial charge in [-0.05, 0) is 31.7 Å². The van der Waals surface area contributed by atoms with Gasteiger partial charge in [0, 0.05) is 13.1 Å². The predicted octanol–water partition coefficient (Wildman–Crippen LogP) is -0.183. The number of rotatable bonds is 1. The van der Waals surface area contributed by atoms with Crippen molar-refractivity contribution in [2.24, 2.45) is 11.7 Å². The van der Waals surface area contributed by atoms with Crippen LogP contribution in [-0.4, -0.2) is 30.4 Å². The molecule has 0 saturated carbocycles. The number of carbonyl (C=O) groups is 1. The lowest BCUT2D eigenvalue weighted by atomic mass is 10.1. The fraction of sp³-hybridized carbons (Fsp3) is 0.667. The summed E-state index contributed by atoms with van der Waals surface area (Å²) in [6.07, 6.45) is 1.02. The summed E-state index contributed by atoms with van der Waals surface area (Å²) >= 11 is 0. The zero-order valence-electron chi connectivity index (χ0n) is 7.34. The predicted molar refractivity (Wildman–Crippen MR) is 47.2 cm³/mol. The first kappa shape index (κ1) is 9.08. The van der Waals surface area contributed by atoms with E-state index in [-0.39, 0.29) is 5.91 Å². The van der Waals surface area contributed by atoms with Crippen molar-refractivity contribution in [2.75, 3.05) is 19.6 Å². The molecule has 1 fully saturated rings. The first-order valence-electron chi connectivity index (χ1n) is 4.19. The van der Waals surface area contributed by atoms with Crippen molar-refractivity contribution in [2.45, 2.75) is 13.3 Å². The van der Waals surface area contributed by atoms with Crippen molar-refractivity contribution >= 4 is 5.91 Å². The fourth-order valence-electron chi connectivity index (χ4n) is 1.40. The van der Waals surface area contributed by atoms with E-state index in [1.807, 2.05) is 0 Å². The second kappa shape index (κ2) is 4.13. The smallest absolute Gasteiger partial charge is 0.298 e. The quantitative estimate of drug-likeness (QED) is 0.549. The SMILES string of the molecule is CC#CC(=O)N1CC[C@H](CN)C1. The van der Waals surface area contributed by atoms with Gasteiger partial charge in [-0.1, -0.05) is 5.92 Å². The Bertz CT molecular complexity index is 226. The zero-order valence-corrected chi connectivity index (χ0v) is 7.34. The molecule has 0 bridgehead atoms. The largest absolute Gasteiger partial charge is 0.332 e. The second-order valence-corrected chi connectivity index (χ2v) is 3.02. The monoisotopic (exact) mass is 166 g/mol. The first-order chi connectivity index (χ1) is 5.77. The molecular weight excluding hydrogens is 152 g/mol. The number of amides is 1. The van der Waals surface area contributed by atoms with Crippen LogP contribution in [0.2, 0.25) is 0 Å². The number of carbonyl (C=O) groups excluding carboxylic acids is 1. The van der Waals surface area contributed by atoms with Crippen LogP contribution in [0.1, 0.15) is 13.3 Å². The van der Waals surface area contributed by atoms with Gasteiger partial charge < -0.3 is 10.6 Å². The van der Waals surface area contributed by atoms with Crippen LogP contribution in [-0.2, 0) is 4.79 Å². The minimum Gasteiger partial charge on any atom is -0.332 e. The summed E-state index contributed by atoms with van der Waals surface area (Å²) in [5.74, 6) is 5.55. The molecule has 0 aromatic carbocycles. The maximum Gasteiger partial charge on any atom is 0.298 e. The highest BCUT2D eigenvalue weighted by Crippen LogP contribution is 2.14. The third kappa shape index (κ3) is 1.99. The van der Waals surface area contributed by atoms with Crippen molar-refractivity contribution in [3.63, 3.8) is 0 Å². The Morgan fingerprint density at radius 3 is 3.00 bits per heavy atom. The molecule has 0 aliphatic carbocycles. The molecular formula is C9H14N2O. The molecule has 1 heterocycles. The summed E-state index contributed by atoms with van der Waals surface area (Å²) < 4.78 is 0. The van der Waals surface area contributed by atoms with Crippen LogP contribution >= 0.6 is 0 Å². The second-order valence-electron chi connectivity index (χ2n) is 3.02. The van der Waals surface area contributed by atoms with Gasteiger partial charge in [-0.3, -0.25) is 4.79 Å². The number of likely N-dealkylation sites (tertiary alicyclic amines) is 1. The van der Waals surface area contributed by atoms with Crippen LogP contribution in [0.3, 0.4) is 0 Å². The van der Waals surface area contributed by atoms with Crippen LogP contribution in [0.25, 0.3) is 0 Å². The van der Waals surface area contributed by atoms with Crippen molar-refractivity contribution in [3.05, 3.63) is 0 Å². The van der Waals surface area contributed by atoms with Crippen LogP contribution in [0.4, 0.5) is 0 Å². The molecule has 0 aromatic heterocycles. The Hall–Kier alpha value is -1.01. The average Bonchev–Trinajstić information content (AvgIpc) is 2.52. The molecule has 1 amide bonds. The minimum absolute atomic E-state index is 0.0616. The Balaban J connectivity index is 2.44. The summed E-state index contributed by atoms with van der Waals surface area (Å²) in [5.41, 5.74) is 5.50. The molecule has 1 rings (SSSR count). The minimum atomic E-state index is -0.0616. The van der Waals surface area contributed by atoms with Crippen molar-refractivity contribution in [3.8, 4) is 11.8 Å². The van der Waals surface area contributed by atoms with Crippen LogP contribution in [0.5, 0.6) is 0 Å². The Morgan fingerprint density at radius 1 is 1.75 bits per heavy atom. The Morgan fingerprint density at radius 2 is 2.50 bits per heavy atom. The molecule has 0 radical (unpaired) electrons. The zero-order chi connectivity index (χ0) is 8.97. The molecule has 1 aliphatic heterocycles. The third-order valence-corrected chi connectivity index (χ3v) is 2.14. The standard InChI is InChI=1S/C9H14N2O/c1-2-3-9(12)11-5-4-8(6-10)7-11/h8H,4-7,10H2,1H3/t8-/m1/s1. The summed E-state index contributed by atoms with van der Waals surface area (Å²) in [5, 5.41) is 0. The molecule has 12 heavy (non-hydrogen) atoms. The summed E-state index contributed by atoms with van der Waals surface area (Å²) in [7, 11) is 0. The maximum absolute atomic E-state index is 11.2. The topological polar surface area (TPSA) is 46.3 Å². The van der Waals surface area contributed by atoms with Gasteiger partial charge in [0.2, 0.25) is 0 Å². The van der Waals surface area contributed by atoms with Gasteiger partial charge in [0.05, 0.1) is 0 Å². The molecule has 1 aliphatic rings. The van der Waals surface area contributed by atoms with E-state index in [1.165, 1.54) is 0 Å². The lowest BCUT2D eigenvalue weighted by molar-refractivity contribution is -0.124. The normalized spacial score (nSPS) is 21.8. The van der Waals surface area contributed by atoms with Gasteiger partial charge in [-0.15, -0.1) is 0 Å². The van der Waals surface area contributed by atoms with E-state index in [9.17, 15) is 4.79 Å². The van der Waals surface area contributed by atoms with Gasteiger partial charge in [0.25, 0.3) is 5.91 Å². The average molecular weight is 166 g/mol. The molecule has 2 N–H and O–H groups in total. The van der Waals surface area contributed by atoms with E-state index in [1.54, 1.807) is 11.8 Å². The molecule has 3 nitrogen and oxygen atoms in total. The van der Waals surface area contributed by atoms with Gasteiger partial charge >= 0.3 is 0 Å². The molecule has 3 heteroatoms. The van der Waals surface area contributed by atoms with Crippen LogP contribution < -0.4 is 5.73 Å². The van der Waals surface area contributed by atoms with Crippen molar-refractivity contribution in [1.29, 1.82) is 0 Å². The highest BCUT2D eigenvalue weighted by molar-refractivity contribution is 5.93. The third-order valence-electron chi connectivity index (χ3n) is 2.14. The molecule has 0 spiro atoms. The summed E-state index contributed by atoms with van der Waals surface area (Å²) in [4.78, 5) is 13.0. The fourth-order valence-corrected chi connectivity index (χ4v) is 1.40. The first-order valence-corrected chi connectivity index (χ1v) is 4.19. The lowest BCUT2D eigenvalue weighted by Gasteiger charge is -2.11. The number of nitrogens with zero attached hydrogens (tertiary/aromatic N) is 1. The van der Waals surface area contributed by atoms with E-state index in [4.69, 9.17) is 5.73 Å². The number of hydrogen-bond donors (Lipinski definition) is 1. The highest BCUT2D eigenvalue weighted by Gasteiger charge is 2.23. The molecule has 0 aromatic rings. The van der Waals surface area contributed by atoms with Crippen LogP contribution in [0, 0.1) is 17.8 Å². The van der Waals surface area contributed by atoms with E-state index >= 15 is 0 Å². The van der Waals surface area contributed by atoms with Crippen molar-refractivity contribution in [1.82, 2.24) is 4.90 Å². The van der Waals surface area contributed by atoms with E-state index in [2.05, 4.69) is 11.8 Å². The number of nitrogens with two attached hydrogens (primary N) is 1. The van der Waals surface area contributed by atoms with Gasteiger partial charge in [0.1, 0.15) is 0 Å². The highest BCUT2D eigenvalue weighted by atomic mass is 16.2.